The molecule has 27 heavy (non-hydrogen) atoms. The molecular formula is C19H27N3O4S. The van der Waals surface area contributed by atoms with Crippen LogP contribution in [-0.4, -0.2) is 51.8 Å². The smallest absolute Gasteiger partial charge is 0.310 e. The van der Waals surface area contributed by atoms with Crippen molar-refractivity contribution in [2.24, 2.45) is 5.92 Å². The van der Waals surface area contributed by atoms with Crippen LogP contribution in [0.15, 0.2) is 16.0 Å². The molecule has 2 aliphatic heterocycles. The van der Waals surface area contributed by atoms with Gasteiger partial charge in [-0.15, -0.1) is 0 Å². The molecule has 2 aliphatic rings. The Hall–Kier alpha value is -1.83. The van der Waals surface area contributed by atoms with Gasteiger partial charge in [0, 0.05) is 37.0 Å². The van der Waals surface area contributed by atoms with Gasteiger partial charge in [0.25, 0.3) is 5.56 Å². The lowest BCUT2D eigenvalue weighted by Crippen LogP contribution is -2.43. The highest BCUT2D eigenvalue weighted by Gasteiger charge is 2.33. The minimum absolute atomic E-state index is 0.00742. The van der Waals surface area contributed by atoms with Crippen molar-refractivity contribution in [3.63, 3.8) is 0 Å². The van der Waals surface area contributed by atoms with E-state index in [-0.39, 0.29) is 35.8 Å². The van der Waals surface area contributed by atoms with E-state index >= 15 is 0 Å². The summed E-state index contributed by atoms with van der Waals surface area (Å²) in [7, 11) is 0. The third-order valence-electron chi connectivity index (χ3n) is 5.05. The standard InChI is InChI=1S/C19H27N3O4S/c1-3-6-14-9-17(24)22-15(12-27-19(22)20-14)10-16(23)21-8-5-7-13(11-21)18(25)26-4-2/h9,13,15H,3-8,10-12H2,1-2H3. The number of rotatable bonds is 6. The van der Waals surface area contributed by atoms with Crippen LogP contribution in [0.3, 0.4) is 0 Å². The highest BCUT2D eigenvalue weighted by Crippen LogP contribution is 2.33. The van der Waals surface area contributed by atoms with Crippen LogP contribution >= 0.6 is 11.8 Å². The average Bonchev–Trinajstić information content (AvgIpc) is 3.05. The molecule has 1 aromatic heterocycles. The van der Waals surface area contributed by atoms with E-state index in [2.05, 4.69) is 11.9 Å². The first-order chi connectivity index (χ1) is 13.0. The summed E-state index contributed by atoms with van der Waals surface area (Å²) in [5.41, 5.74) is 0.746. The lowest BCUT2D eigenvalue weighted by Gasteiger charge is -2.32. The Bertz CT molecular complexity index is 764. The van der Waals surface area contributed by atoms with Gasteiger partial charge in [-0.05, 0) is 26.2 Å². The van der Waals surface area contributed by atoms with Gasteiger partial charge in [0.1, 0.15) is 0 Å². The number of hydrogen-bond donors (Lipinski definition) is 0. The van der Waals surface area contributed by atoms with Crippen molar-refractivity contribution >= 4 is 23.6 Å². The maximum atomic E-state index is 12.8. The zero-order chi connectivity index (χ0) is 19.4. The number of nitrogens with zero attached hydrogens (tertiary/aromatic N) is 3. The largest absolute Gasteiger partial charge is 0.466 e. The van der Waals surface area contributed by atoms with Crippen LogP contribution in [0.25, 0.3) is 0 Å². The van der Waals surface area contributed by atoms with E-state index in [0.29, 0.717) is 30.6 Å². The first-order valence-electron chi connectivity index (χ1n) is 9.73. The molecule has 0 radical (unpaired) electrons. The van der Waals surface area contributed by atoms with Crippen LogP contribution in [0.4, 0.5) is 0 Å². The number of aryl methyl sites for hydroxylation is 1. The van der Waals surface area contributed by atoms with Crippen LogP contribution in [0, 0.1) is 5.92 Å². The minimum Gasteiger partial charge on any atom is -0.466 e. The molecule has 2 atom stereocenters. The Labute approximate surface area is 163 Å². The summed E-state index contributed by atoms with van der Waals surface area (Å²) < 4.78 is 6.76. The molecule has 8 heteroatoms. The number of aromatic nitrogens is 2. The molecule has 1 amide bonds. The van der Waals surface area contributed by atoms with Gasteiger partial charge in [-0.1, -0.05) is 25.1 Å². The number of thioether (sulfide) groups is 1. The zero-order valence-corrected chi connectivity index (χ0v) is 16.8. The summed E-state index contributed by atoms with van der Waals surface area (Å²) in [6.07, 6.45) is 3.56. The van der Waals surface area contributed by atoms with Crippen LogP contribution in [0.2, 0.25) is 0 Å². The van der Waals surface area contributed by atoms with Crippen LogP contribution in [0.1, 0.15) is 51.3 Å². The number of fused-ring (bicyclic) bond motifs is 1. The fourth-order valence-corrected chi connectivity index (χ4v) is 4.89. The Kier molecular flexibility index (Phi) is 6.57. The van der Waals surface area contributed by atoms with Gasteiger partial charge in [0.15, 0.2) is 5.16 Å². The summed E-state index contributed by atoms with van der Waals surface area (Å²) in [6, 6.07) is 1.42. The molecule has 1 aromatic rings. The minimum atomic E-state index is -0.242. The van der Waals surface area contributed by atoms with Crippen LogP contribution < -0.4 is 5.56 Å². The predicted molar refractivity (Wildman–Crippen MR) is 103 cm³/mol. The molecule has 0 aromatic carbocycles. The molecular weight excluding hydrogens is 366 g/mol. The summed E-state index contributed by atoms with van der Waals surface area (Å²) >= 11 is 1.54. The van der Waals surface area contributed by atoms with Crippen molar-refractivity contribution in [2.45, 2.75) is 57.1 Å². The van der Waals surface area contributed by atoms with E-state index in [4.69, 9.17) is 4.74 Å². The van der Waals surface area contributed by atoms with E-state index < -0.39 is 0 Å². The molecule has 3 rings (SSSR count). The lowest BCUT2D eigenvalue weighted by atomic mass is 9.97. The van der Waals surface area contributed by atoms with Crippen molar-refractivity contribution in [2.75, 3.05) is 25.4 Å². The molecule has 148 valence electrons. The second-order valence-corrected chi connectivity index (χ2v) is 8.08. The molecule has 0 aliphatic carbocycles. The summed E-state index contributed by atoms with van der Waals surface area (Å²) in [5.74, 6) is 0.208. The van der Waals surface area contributed by atoms with Crippen molar-refractivity contribution in [3.8, 4) is 0 Å². The number of piperidine rings is 1. The molecule has 7 nitrogen and oxygen atoms in total. The number of ether oxygens (including phenoxy) is 1. The number of esters is 1. The Balaban J connectivity index is 1.66. The molecule has 1 fully saturated rings. The third kappa shape index (κ3) is 4.54. The first kappa shape index (κ1) is 19.9. The van der Waals surface area contributed by atoms with Crippen molar-refractivity contribution < 1.29 is 14.3 Å². The monoisotopic (exact) mass is 393 g/mol. The first-order valence-corrected chi connectivity index (χ1v) is 10.7. The number of amides is 1. The molecule has 0 bridgehead atoms. The number of carbonyl (C=O) groups is 2. The number of likely N-dealkylation sites (tertiary alicyclic amines) is 1. The van der Waals surface area contributed by atoms with Gasteiger partial charge in [-0.2, -0.15) is 0 Å². The van der Waals surface area contributed by atoms with Gasteiger partial charge < -0.3 is 9.64 Å². The van der Waals surface area contributed by atoms with E-state index in [1.807, 2.05) is 0 Å². The second-order valence-electron chi connectivity index (χ2n) is 7.09. The molecule has 0 N–H and O–H groups in total. The Morgan fingerprint density at radius 1 is 1.37 bits per heavy atom. The maximum Gasteiger partial charge on any atom is 0.310 e. The van der Waals surface area contributed by atoms with Crippen LogP contribution in [0.5, 0.6) is 0 Å². The summed E-state index contributed by atoms with van der Waals surface area (Å²) in [4.78, 5) is 43.6. The molecule has 0 saturated carbocycles. The predicted octanol–water partition coefficient (Wildman–Crippen LogP) is 2.03. The molecule has 3 heterocycles. The second kappa shape index (κ2) is 8.91. The third-order valence-corrected chi connectivity index (χ3v) is 6.15. The fraction of sp³-hybridized carbons (Fsp3) is 0.684. The highest BCUT2D eigenvalue weighted by molar-refractivity contribution is 7.99. The van der Waals surface area contributed by atoms with E-state index in [1.165, 1.54) is 11.8 Å². The van der Waals surface area contributed by atoms with Crippen molar-refractivity contribution in [1.29, 1.82) is 0 Å². The Morgan fingerprint density at radius 3 is 2.93 bits per heavy atom. The molecule has 0 spiro atoms. The van der Waals surface area contributed by atoms with Crippen molar-refractivity contribution in [1.82, 2.24) is 14.5 Å². The van der Waals surface area contributed by atoms with Gasteiger partial charge in [-0.25, -0.2) is 4.98 Å². The topological polar surface area (TPSA) is 81.5 Å². The zero-order valence-electron chi connectivity index (χ0n) is 16.0. The van der Waals surface area contributed by atoms with Crippen LogP contribution in [-0.2, 0) is 20.7 Å². The highest BCUT2D eigenvalue weighted by atomic mass is 32.2. The van der Waals surface area contributed by atoms with E-state index in [9.17, 15) is 14.4 Å². The summed E-state index contributed by atoms with van der Waals surface area (Å²) in [5, 5.41) is 0.715. The summed E-state index contributed by atoms with van der Waals surface area (Å²) in [6.45, 7) is 5.27. The molecule has 2 unspecified atom stereocenters. The quantitative estimate of drug-likeness (QED) is 0.543. The fourth-order valence-electron chi connectivity index (χ4n) is 3.72. The van der Waals surface area contributed by atoms with Gasteiger partial charge in [-0.3, -0.25) is 19.0 Å². The van der Waals surface area contributed by atoms with Crippen molar-refractivity contribution in [3.05, 3.63) is 22.1 Å². The lowest BCUT2D eigenvalue weighted by molar-refractivity contribution is -0.151. The Morgan fingerprint density at radius 2 is 2.19 bits per heavy atom. The van der Waals surface area contributed by atoms with Gasteiger partial charge in [0.2, 0.25) is 5.91 Å². The number of carbonyl (C=O) groups excluding carboxylic acids is 2. The van der Waals surface area contributed by atoms with E-state index in [0.717, 1.165) is 31.4 Å². The average molecular weight is 394 g/mol. The maximum absolute atomic E-state index is 12.8. The van der Waals surface area contributed by atoms with Gasteiger partial charge in [0.05, 0.1) is 18.6 Å². The number of hydrogen-bond acceptors (Lipinski definition) is 6. The molecule has 1 saturated heterocycles. The normalized spacial score (nSPS) is 21.8. The SMILES string of the molecule is CCCc1cc(=O)n2c(n1)SCC2CC(=O)N1CCCC(C(=O)OCC)C1. The van der Waals surface area contributed by atoms with E-state index in [1.54, 1.807) is 22.5 Å². The van der Waals surface area contributed by atoms with Gasteiger partial charge >= 0.3 is 5.97 Å².